The highest BCUT2D eigenvalue weighted by Crippen LogP contribution is 2.23. The predicted molar refractivity (Wildman–Crippen MR) is 87.7 cm³/mol. The van der Waals surface area contributed by atoms with Gasteiger partial charge in [-0.1, -0.05) is 37.3 Å². The lowest BCUT2D eigenvalue weighted by Crippen LogP contribution is -2.20. The van der Waals surface area contributed by atoms with E-state index in [1.807, 2.05) is 42.6 Å². The number of anilines is 1. The number of nitrogens with one attached hydrogen (secondary N) is 2. The summed E-state index contributed by atoms with van der Waals surface area (Å²) < 4.78 is 0. The van der Waals surface area contributed by atoms with E-state index in [1.165, 1.54) is 11.3 Å². The van der Waals surface area contributed by atoms with Crippen LogP contribution in [-0.2, 0) is 4.79 Å². The Hall–Kier alpha value is -1.72. The third-order valence-corrected chi connectivity index (χ3v) is 4.17. The molecule has 0 aliphatic heterocycles. The molecular formula is C16H21N3OS. The van der Waals surface area contributed by atoms with Crippen molar-refractivity contribution in [2.24, 2.45) is 0 Å². The first-order chi connectivity index (χ1) is 10.1. The zero-order chi connectivity index (χ0) is 15.2. The van der Waals surface area contributed by atoms with Gasteiger partial charge < -0.3 is 10.6 Å². The minimum Gasteiger partial charge on any atom is -0.309 e. The maximum Gasteiger partial charge on any atom is 0.233 e. The lowest BCUT2D eigenvalue weighted by Gasteiger charge is -2.11. The summed E-state index contributed by atoms with van der Waals surface area (Å²) in [6, 6.07) is 9.96. The third kappa shape index (κ3) is 4.12. The Kier molecular flexibility index (Phi) is 5.47. The number of aromatic nitrogens is 1. The Morgan fingerprint density at radius 3 is 2.67 bits per heavy atom. The van der Waals surface area contributed by atoms with E-state index in [-0.39, 0.29) is 17.9 Å². The van der Waals surface area contributed by atoms with Crippen molar-refractivity contribution in [3.05, 3.63) is 47.0 Å². The summed E-state index contributed by atoms with van der Waals surface area (Å²) in [5.74, 6) is -0.219. The van der Waals surface area contributed by atoms with Gasteiger partial charge in [0.15, 0.2) is 5.13 Å². The second-order valence-electron chi connectivity index (χ2n) is 4.98. The molecule has 1 aromatic heterocycles. The molecule has 0 saturated heterocycles. The standard InChI is InChI=1S/C16H21N3OS/c1-4-17-12(3)14-10-21-16(18-14)19-15(20)11(2)13-8-6-5-7-9-13/h5-12,17H,4H2,1-3H3,(H,18,19,20). The molecule has 0 spiro atoms. The molecule has 2 N–H and O–H groups in total. The van der Waals surface area contributed by atoms with Gasteiger partial charge in [-0.05, 0) is 26.0 Å². The Labute approximate surface area is 129 Å². The largest absolute Gasteiger partial charge is 0.309 e. The molecule has 5 heteroatoms. The number of hydrogen-bond donors (Lipinski definition) is 2. The normalized spacial score (nSPS) is 13.7. The van der Waals surface area contributed by atoms with E-state index in [1.54, 1.807) is 0 Å². The van der Waals surface area contributed by atoms with Gasteiger partial charge >= 0.3 is 0 Å². The van der Waals surface area contributed by atoms with Crippen LogP contribution >= 0.6 is 11.3 Å². The summed E-state index contributed by atoms with van der Waals surface area (Å²) >= 11 is 1.46. The summed E-state index contributed by atoms with van der Waals surface area (Å²) in [4.78, 5) is 16.7. The van der Waals surface area contributed by atoms with Crippen LogP contribution in [0, 0.1) is 0 Å². The lowest BCUT2D eigenvalue weighted by atomic mass is 10.0. The topological polar surface area (TPSA) is 54.0 Å². The minimum absolute atomic E-state index is 0.0294. The molecule has 2 aromatic rings. The molecule has 2 unspecified atom stereocenters. The summed E-state index contributed by atoms with van der Waals surface area (Å²) in [6.45, 7) is 6.93. The molecule has 1 aromatic carbocycles. The molecule has 0 radical (unpaired) electrons. The fourth-order valence-electron chi connectivity index (χ4n) is 2.06. The van der Waals surface area contributed by atoms with E-state index in [0.717, 1.165) is 17.8 Å². The average molecular weight is 303 g/mol. The van der Waals surface area contributed by atoms with Crippen LogP contribution in [0.4, 0.5) is 5.13 Å². The van der Waals surface area contributed by atoms with E-state index < -0.39 is 0 Å². The number of amides is 1. The SMILES string of the molecule is CCNC(C)c1csc(NC(=O)C(C)c2ccccc2)n1. The molecule has 0 aliphatic rings. The molecule has 2 atom stereocenters. The molecule has 21 heavy (non-hydrogen) atoms. The maximum atomic E-state index is 12.3. The smallest absolute Gasteiger partial charge is 0.233 e. The van der Waals surface area contributed by atoms with Gasteiger partial charge in [0.2, 0.25) is 5.91 Å². The van der Waals surface area contributed by atoms with Gasteiger partial charge in [-0.3, -0.25) is 4.79 Å². The highest BCUT2D eigenvalue weighted by atomic mass is 32.1. The van der Waals surface area contributed by atoms with Crippen molar-refractivity contribution < 1.29 is 4.79 Å². The lowest BCUT2D eigenvalue weighted by molar-refractivity contribution is -0.117. The Morgan fingerprint density at radius 2 is 2.00 bits per heavy atom. The Balaban J connectivity index is 2.00. The summed E-state index contributed by atoms with van der Waals surface area (Å²) in [5.41, 5.74) is 1.97. The fourth-order valence-corrected chi connectivity index (χ4v) is 2.87. The predicted octanol–water partition coefficient (Wildman–Crippen LogP) is 3.56. The molecule has 0 saturated carbocycles. The van der Waals surface area contributed by atoms with Crippen LogP contribution in [0.3, 0.4) is 0 Å². The summed E-state index contributed by atoms with van der Waals surface area (Å²) in [6.07, 6.45) is 0. The monoisotopic (exact) mass is 303 g/mol. The van der Waals surface area contributed by atoms with Crippen molar-refractivity contribution in [1.82, 2.24) is 10.3 Å². The number of nitrogens with zero attached hydrogens (tertiary/aromatic N) is 1. The maximum absolute atomic E-state index is 12.3. The Morgan fingerprint density at radius 1 is 1.29 bits per heavy atom. The minimum atomic E-state index is -0.190. The van der Waals surface area contributed by atoms with E-state index in [2.05, 4.69) is 29.5 Å². The molecule has 4 nitrogen and oxygen atoms in total. The van der Waals surface area contributed by atoms with E-state index >= 15 is 0 Å². The first-order valence-corrected chi connectivity index (χ1v) is 8.04. The van der Waals surface area contributed by atoms with Crippen molar-refractivity contribution in [2.45, 2.75) is 32.7 Å². The molecule has 2 rings (SSSR count). The van der Waals surface area contributed by atoms with Gasteiger partial charge in [0.05, 0.1) is 11.6 Å². The first-order valence-electron chi connectivity index (χ1n) is 7.16. The molecule has 0 fully saturated rings. The van der Waals surface area contributed by atoms with Crippen LogP contribution in [-0.4, -0.2) is 17.4 Å². The van der Waals surface area contributed by atoms with Crippen molar-refractivity contribution in [3.63, 3.8) is 0 Å². The van der Waals surface area contributed by atoms with Crippen LogP contribution in [0.1, 0.15) is 44.0 Å². The van der Waals surface area contributed by atoms with Gasteiger partial charge in [-0.15, -0.1) is 11.3 Å². The quantitative estimate of drug-likeness (QED) is 0.858. The van der Waals surface area contributed by atoms with Crippen molar-refractivity contribution >= 4 is 22.4 Å². The zero-order valence-electron chi connectivity index (χ0n) is 12.6. The summed E-state index contributed by atoms with van der Waals surface area (Å²) in [7, 11) is 0. The van der Waals surface area contributed by atoms with Crippen LogP contribution < -0.4 is 10.6 Å². The van der Waals surface area contributed by atoms with Gasteiger partial charge in [0.1, 0.15) is 0 Å². The second kappa shape index (κ2) is 7.33. The van der Waals surface area contributed by atoms with Crippen LogP contribution in [0.25, 0.3) is 0 Å². The van der Waals surface area contributed by atoms with Crippen molar-refractivity contribution in [1.29, 1.82) is 0 Å². The molecule has 0 aliphatic carbocycles. The average Bonchev–Trinajstić information content (AvgIpc) is 2.96. The number of rotatable bonds is 6. The fraction of sp³-hybridized carbons (Fsp3) is 0.375. The van der Waals surface area contributed by atoms with E-state index in [4.69, 9.17) is 0 Å². The first kappa shape index (κ1) is 15.7. The number of benzene rings is 1. The van der Waals surface area contributed by atoms with E-state index in [0.29, 0.717) is 5.13 Å². The molecule has 112 valence electrons. The van der Waals surface area contributed by atoms with Crippen LogP contribution in [0.5, 0.6) is 0 Å². The molecular weight excluding hydrogens is 282 g/mol. The zero-order valence-corrected chi connectivity index (χ0v) is 13.4. The van der Waals surface area contributed by atoms with Crippen molar-refractivity contribution in [3.8, 4) is 0 Å². The second-order valence-corrected chi connectivity index (χ2v) is 5.84. The molecule has 1 amide bonds. The number of hydrogen-bond acceptors (Lipinski definition) is 4. The van der Waals surface area contributed by atoms with Crippen LogP contribution in [0.2, 0.25) is 0 Å². The Bertz CT molecular complexity index is 582. The van der Waals surface area contributed by atoms with Gasteiger partial charge in [-0.25, -0.2) is 4.98 Å². The number of thiazole rings is 1. The van der Waals surface area contributed by atoms with Gasteiger partial charge in [0, 0.05) is 11.4 Å². The van der Waals surface area contributed by atoms with Gasteiger partial charge in [0.25, 0.3) is 0 Å². The summed E-state index contributed by atoms with van der Waals surface area (Å²) in [5, 5.41) is 8.84. The highest BCUT2D eigenvalue weighted by molar-refractivity contribution is 7.13. The third-order valence-electron chi connectivity index (χ3n) is 3.40. The number of carbonyl (C=O) groups excluding carboxylic acids is 1. The van der Waals surface area contributed by atoms with Crippen molar-refractivity contribution in [2.75, 3.05) is 11.9 Å². The highest BCUT2D eigenvalue weighted by Gasteiger charge is 2.17. The molecule has 1 heterocycles. The van der Waals surface area contributed by atoms with Gasteiger partial charge in [-0.2, -0.15) is 0 Å². The molecule has 0 bridgehead atoms. The van der Waals surface area contributed by atoms with Crippen LogP contribution in [0.15, 0.2) is 35.7 Å². The van der Waals surface area contributed by atoms with E-state index in [9.17, 15) is 4.79 Å². The number of carbonyl (C=O) groups is 1.